The Kier molecular flexibility index (Phi) is 16.2. The second-order valence-electron chi connectivity index (χ2n) is 10.7. The van der Waals surface area contributed by atoms with E-state index < -0.39 is 67.0 Å². The quantitative estimate of drug-likeness (QED) is 0.0678. The van der Waals surface area contributed by atoms with Crippen molar-refractivity contribution in [3.8, 4) is 5.75 Å². The highest BCUT2D eigenvalue weighted by Gasteiger charge is 2.42. The minimum absolute atomic E-state index is 0.108. The Balaban J connectivity index is 3.25. The molecule has 0 spiro atoms. The van der Waals surface area contributed by atoms with Gasteiger partial charge in [0.15, 0.2) is 0 Å². The Morgan fingerprint density at radius 2 is 1.44 bits per heavy atom. The highest BCUT2D eigenvalue weighted by Crippen LogP contribution is 2.48. The maximum absolute atomic E-state index is 13.0. The molecule has 0 heterocycles. The average Bonchev–Trinajstić information content (AvgIpc) is 2.83. The van der Waals surface area contributed by atoms with Gasteiger partial charge in [0.25, 0.3) is 0 Å². The maximum atomic E-state index is 13.0. The molecule has 15 nitrogen and oxygen atoms in total. The first-order valence-electron chi connectivity index (χ1n) is 13.6. The van der Waals surface area contributed by atoms with Crippen molar-refractivity contribution in [2.75, 3.05) is 44.8 Å². The predicted octanol–water partition coefficient (Wildman–Crippen LogP) is 3.65. The van der Waals surface area contributed by atoms with Gasteiger partial charge in [-0.25, -0.2) is 0 Å². The topological polar surface area (TPSA) is 235 Å². The summed E-state index contributed by atoms with van der Waals surface area (Å²) in [6.45, 7) is 7.82. The third kappa shape index (κ3) is 17.0. The minimum Gasteiger partial charge on any atom is -0.491 e. The lowest BCUT2D eigenvalue weighted by molar-refractivity contribution is 0.0753. The first kappa shape index (κ1) is 40.3. The third-order valence-electron chi connectivity index (χ3n) is 6.51. The maximum Gasteiger partial charge on any atom is 0.342 e. The molecule has 0 aliphatic rings. The number of rotatable bonds is 22. The summed E-state index contributed by atoms with van der Waals surface area (Å²) in [5, 5.41) is 0. The molecule has 3 unspecified atom stereocenters. The Labute approximate surface area is 252 Å². The van der Waals surface area contributed by atoms with E-state index in [2.05, 4.69) is 6.58 Å². The lowest BCUT2D eigenvalue weighted by atomic mass is 9.95. The molecule has 0 aliphatic heterocycles. The summed E-state index contributed by atoms with van der Waals surface area (Å²) in [6.07, 6.45) is -0.670. The molecule has 1 aromatic rings. The van der Waals surface area contributed by atoms with Crippen LogP contribution >= 0.6 is 30.4 Å². The largest absolute Gasteiger partial charge is 0.491 e. The lowest BCUT2D eigenvalue weighted by Crippen LogP contribution is -2.55. The van der Waals surface area contributed by atoms with E-state index >= 15 is 0 Å². The summed E-state index contributed by atoms with van der Waals surface area (Å²) in [4.78, 5) is 71.6. The van der Waals surface area contributed by atoms with Crippen molar-refractivity contribution in [3.05, 3.63) is 36.4 Å². The number of nitrogens with zero attached hydrogens (tertiary/aromatic N) is 2. The van der Waals surface area contributed by atoms with E-state index in [1.54, 1.807) is 44.2 Å². The molecule has 0 aliphatic carbocycles. The number of ether oxygens (including phenoxy) is 1. The molecule has 0 saturated heterocycles. The van der Waals surface area contributed by atoms with Crippen LogP contribution in [-0.4, -0.2) is 100 Å². The zero-order valence-corrected chi connectivity index (χ0v) is 28.3. The van der Waals surface area contributed by atoms with Gasteiger partial charge in [-0.15, -0.1) is 0 Å². The van der Waals surface area contributed by atoms with Gasteiger partial charge < -0.3 is 43.5 Å². The van der Waals surface area contributed by atoms with E-state index in [0.29, 0.717) is 18.6 Å². The molecule has 0 fully saturated rings. The average molecular weight is 695 g/mol. The molecule has 43 heavy (non-hydrogen) atoms. The van der Waals surface area contributed by atoms with Crippen molar-refractivity contribution < 1.29 is 61.8 Å². The van der Waals surface area contributed by atoms with Gasteiger partial charge in [-0.05, 0) is 37.5 Å². The monoisotopic (exact) mass is 694 g/mol. The lowest BCUT2D eigenvalue weighted by Gasteiger charge is -2.45. The molecular formula is C24H46N2O13P4. The smallest absolute Gasteiger partial charge is 0.342 e. The standard InChI is InChI=1S/C24H46N2O13P4/c1-5-8-22(16-26(20-42(33,34)35)24(4,13-6-2)17-40(27,28)29)25(18-41(30,31)32)19-43(36,37)39-15-14-38-23-11-9-21(7-3)10-12-23/h7,9-12,22H,3,5-6,8,13-20H2,1-2,4H3,(H,36,37)(H2,27,28,29)(H2,30,31,32)(H2,33,34,35). The van der Waals surface area contributed by atoms with Crippen molar-refractivity contribution >= 4 is 36.5 Å². The molecule has 1 aromatic carbocycles. The fourth-order valence-corrected chi connectivity index (χ4v) is 9.13. The van der Waals surface area contributed by atoms with Crippen molar-refractivity contribution in [2.45, 2.75) is 58.0 Å². The van der Waals surface area contributed by atoms with Gasteiger partial charge in [0.05, 0.1) is 12.8 Å². The third-order valence-corrected chi connectivity index (χ3v) is 10.4. The molecule has 3 atom stereocenters. The Hall–Kier alpha value is -0.720. The summed E-state index contributed by atoms with van der Waals surface area (Å²) >= 11 is 0. The first-order chi connectivity index (χ1) is 19.6. The van der Waals surface area contributed by atoms with Crippen LogP contribution in [0.3, 0.4) is 0 Å². The summed E-state index contributed by atoms with van der Waals surface area (Å²) in [7, 11) is -18.8. The second kappa shape index (κ2) is 17.3. The van der Waals surface area contributed by atoms with Crippen LogP contribution in [0.2, 0.25) is 0 Å². The van der Waals surface area contributed by atoms with E-state index in [9.17, 15) is 52.5 Å². The van der Waals surface area contributed by atoms with Crippen LogP contribution in [0, 0.1) is 0 Å². The molecule has 1 rings (SSSR count). The highest BCUT2D eigenvalue weighted by molar-refractivity contribution is 7.53. The van der Waals surface area contributed by atoms with Gasteiger partial charge >= 0.3 is 30.4 Å². The highest BCUT2D eigenvalue weighted by atomic mass is 31.2. The van der Waals surface area contributed by atoms with Crippen molar-refractivity contribution in [2.24, 2.45) is 0 Å². The van der Waals surface area contributed by atoms with Crippen molar-refractivity contribution in [1.82, 2.24) is 9.80 Å². The van der Waals surface area contributed by atoms with E-state index in [1.807, 2.05) is 0 Å². The summed E-state index contributed by atoms with van der Waals surface area (Å²) in [6, 6.07) is 5.91. The molecule has 0 saturated carbocycles. The van der Waals surface area contributed by atoms with E-state index in [-0.39, 0.29) is 32.6 Å². The van der Waals surface area contributed by atoms with Crippen molar-refractivity contribution in [1.29, 1.82) is 0 Å². The van der Waals surface area contributed by atoms with Crippen LogP contribution in [0.5, 0.6) is 5.75 Å². The molecule has 0 amide bonds. The van der Waals surface area contributed by atoms with E-state index in [1.165, 1.54) is 11.8 Å². The number of hydrogen-bond donors (Lipinski definition) is 7. The molecular weight excluding hydrogens is 648 g/mol. The zero-order valence-electron chi connectivity index (χ0n) is 24.7. The van der Waals surface area contributed by atoms with Crippen LogP contribution in [-0.2, 0) is 22.8 Å². The Bertz CT molecular complexity index is 1200. The molecule has 0 aromatic heterocycles. The molecule has 19 heteroatoms. The van der Waals surface area contributed by atoms with Crippen LogP contribution in [0.4, 0.5) is 0 Å². The first-order valence-corrected chi connectivity index (χ1v) is 20.7. The van der Waals surface area contributed by atoms with Crippen molar-refractivity contribution in [3.63, 3.8) is 0 Å². The summed E-state index contributed by atoms with van der Waals surface area (Å²) < 4.78 is 59.9. The van der Waals surface area contributed by atoms with Crippen LogP contribution in [0.15, 0.2) is 30.8 Å². The molecule has 7 N–H and O–H groups in total. The van der Waals surface area contributed by atoms with E-state index in [0.717, 1.165) is 10.5 Å². The molecule has 250 valence electrons. The summed E-state index contributed by atoms with van der Waals surface area (Å²) in [5.74, 6) is 0.476. The van der Waals surface area contributed by atoms with Gasteiger partial charge in [-0.1, -0.05) is 51.5 Å². The second-order valence-corrected chi connectivity index (χ2v) is 17.4. The van der Waals surface area contributed by atoms with Crippen LogP contribution < -0.4 is 4.74 Å². The molecule has 0 radical (unpaired) electrons. The predicted molar refractivity (Wildman–Crippen MR) is 164 cm³/mol. The van der Waals surface area contributed by atoms with Gasteiger partial charge in [0.2, 0.25) is 0 Å². The van der Waals surface area contributed by atoms with Gasteiger partial charge in [0.1, 0.15) is 31.2 Å². The summed E-state index contributed by atoms with van der Waals surface area (Å²) in [5.41, 5.74) is -0.554. The van der Waals surface area contributed by atoms with Crippen LogP contribution in [0.25, 0.3) is 6.08 Å². The Morgan fingerprint density at radius 3 is 1.91 bits per heavy atom. The Morgan fingerprint density at radius 1 is 0.860 bits per heavy atom. The minimum atomic E-state index is -4.83. The van der Waals surface area contributed by atoms with Gasteiger partial charge in [-0.2, -0.15) is 0 Å². The fraction of sp³-hybridized carbons (Fsp3) is 0.667. The number of hydrogen-bond acceptors (Lipinski definition) is 8. The van der Waals surface area contributed by atoms with Gasteiger partial charge in [0, 0.05) is 18.1 Å². The van der Waals surface area contributed by atoms with Crippen LogP contribution in [0.1, 0.15) is 52.0 Å². The zero-order chi connectivity index (χ0) is 33.1. The molecule has 0 bridgehead atoms. The van der Waals surface area contributed by atoms with E-state index in [4.69, 9.17) is 9.26 Å². The normalized spacial score (nSPS) is 16.6. The number of benzene rings is 1. The van der Waals surface area contributed by atoms with Gasteiger partial charge in [-0.3, -0.25) is 28.1 Å². The SMILES string of the molecule is C=Cc1ccc(OCCOP(=O)(O)CN(CP(=O)(O)O)C(CCC)CN(CP(=O)(O)O)C(C)(CCC)CP(=O)(O)O)cc1. The fourth-order valence-electron chi connectivity index (χ4n) is 4.79.